The number of halogens is 2. The monoisotopic (exact) mass is 177 g/mol. The van der Waals surface area contributed by atoms with Crippen LogP contribution in [0.25, 0.3) is 0 Å². The van der Waals surface area contributed by atoms with Crippen LogP contribution in [0.15, 0.2) is 0 Å². The van der Waals surface area contributed by atoms with Crippen LogP contribution in [0.3, 0.4) is 0 Å². The van der Waals surface area contributed by atoms with E-state index in [1.807, 2.05) is 13.8 Å². The molecule has 3 heteroatoms. The minimum atomic E-state index is -2.16. The maximum absolute atomic E-state index is 12.5. The van der Waals surface area contributed by atoms with Crippen molar-refractivity contribution < 1.29 is 8.78 Å². The molecule has 0 radical (unpaired) electrons. The van der Waals surface area contributed by atoms with Crippen molar-refractivity contribution in [3.8, 4) is 0 Å². The number of alkyl halides is 2. The van der Waals surface area contributed by atoms with E-state index >= 15 is 0 Å². The Morgan fingerprint density at radius 1 is 1.25 bits per heavy atom. The molecule has 1 saturated heterocycles. The Morgan fingerprint density at radius 2 is 1.92 bits per heavy atom. The van der Waals surface area contributed by atoms with Gasteiger partial charge in [-0.05, 0) is 24.8 Å². The second-order valence-corrected chi connectivity index (χ2v) is 3.90. The Hall–Kier alpha value is -0.180. The van der Waals surface area contributed by atoms with Crippen molar-refractivity contribution in [2.75, 3.05) is 13.1 Å². The van der Waals surface area contributed by atoms with E-state index in [4.69, 9.17) is 0 Å². The second kappa shape index (κ2) is 4.17. The predicted octanol–water partition coefficient (Wildman–Crippen LogP) is 2.13. The average Bonchev–Trinajstić information content (AvgIpc) is 2.04. The van der Waals surface area contributed by atoms with E-state index in [1.54, 1.807) is 0 Å². The van der Waals surface area contributed by atoms with E-state index in [-0.39, 0.29) is 5.92 Å². The molecule has 0 aromatic heterocycles. The summed E-state index contributed by atoms with van der Waals surface area (Å²) in [5, 5.41) is 3.02. The van der Waals surface area contributed by atoms with Crippen LogP contribution >= 0.6 is 0 Å². The van der Waals surface area contributed by atoms with Crippen LogP contribution < -0.4 is 5.32 Å². The number of hydrogen-bond donors (Lipinski definition) is 1. The molecule has 0 amide bonds. The van der Waals surface area contributed by atoms with E-state index in [0.717, 1.165) is 13.0 Å². The van der Waals surface area contributed by atoms with Crippen LogP contribution in [0, 0.1) is 17.8 Å². The van der Waals surface area contributed by atoms with Crippen molar-refractivity contribution in [1.82, 2.24) is 5.32 Å². The molecule has 1 aliphatic rings. The highest BCUT2D eigenvalue weighted by atomic mass is 19.3. The van der Waals surface area contributed by atoms with Crippen LogP contribution in [0.5, 0.6) is 0 Å². The Labute approximate surface area is 72.5 Å². The molecule has 1 rings (SSSR count). The van der Waals surface area contributed by atoms with Gasteiger partial charge in [-0.2, -0.15) is 0 Å². The van der Waals surface area contributed by atoms with Crippen molar-refractivity contribution in [1.29, 1.82) is 0 Å². The Bertz CT molecular complexity index is 120. The summed E-state index contributed by atoms with van der Waals surface area (Å²) in [6.07, 6.45) is -1.27. The molecule has 0 aromatic carbocycles. The van der Waals surface area contributed by atoms with Crippen LogP contribution in [0.4, 0.5) is 8.78 Å². The Morgan fingerprint density at radius 3 is 2.33 bits per heavy atom. The second-order valence-electron chi connectivity index (χ2n) is 3.90. The molecule has 1 aliphatic heterocycles. The highest BCUT2D eigenvalue weighted by molar-refractivity contribution is 4.81. The average molecular weight is 177 g/mol. The maximum atomic E-state index is 12.5. The van der Waals surface area contributed by atoms with Crippen molar-refractivity contribution in [2.24, 2.45) is 17.8 Å². The number of hydrogen-bond acceptors (Lipinski definition) is 1. The lowest BCUT2D eigenvalue weighted by Crippen LogP contribution is -2.42. The van der Waals surface area contributed by atoms with Crippen LogP contribution in [0.1, 0.15) is 20.3 Å². The molecule has 0 bridgehead atoms. The summed E-state index contributed by atoms with van der Waals surface area (Å²) in [6, 6.07) is 0. The molecule has 1 fully saturated rings. The van der Waals surface area contributed by atoms with Crippen molar-refractivity contribution in [3.63, 3.8) is 0 Å². The summed E-state index contributed by atoms with van der Waals surface area (Å²) in [6.45, 7) is 5.45. The zero-order valence-corrected chi connectivity index (χ0v) is 7.69. The standard InChI is InChI=1S/C9H17F2N/c1-6(2)7-3-4-12-5-8(7)9(10)11/h6-9,12H,3-5H2,1-2H3. The lowest BCUT2D eigenvalue weighted by molar-refractivity contribution is 0.0144. The van der Waals surface area contributed by atoms with Crippen molar-refractivity contribution in [3.05, 3.63) is 0 Å². The molecule has 1 nitrogen and oxygen atoms in total. The third kappa shape index (κ3) is 2.16. The molecule has 0 spiro atoms. The highest BCUT2D eigenvalue weighted by Crippen LogP contribution is 2.30. The molecule has 2 unspecified atom stereocenters. The molecular weight excluding hydrogens is 160 g/mol. The highest BCUT2D eigenvalue weighted by Gasteiger charge is 2.33. The largest absolute Gasteiger partial charge is 0.316 e. The first kappa shape index (κ1) is 9.90. The van der Waals surface area contributed by atoms with Crippen molar-refractivity contribution in [2.45, 2.75) is 26.7 Å². The summed E-state index contributed by atoms with van der Waals surface area (Å²) in [7, 11) is 0. The molecule has 12 heavy (non-hydrogen) atoms. The van der Waals surface area contributed by atoms with E-state index in [9.17, 15) is 8.78 Å². The lowest BCUT2D eigenvalue weighted by atomic mass is 9.79. The van der Waals surface area contributed by atoms with Gasteiger partial charge in [0.25, 0.3) is 0 Å². The molecule has 72 valence electrons. The summed E-state index contributed by atoms with van der Waals surface area (Å²) in [4.78, 5) is 0. The molecule has 0 aliphatic carbocycles. The minimum absolute atomic E-state index is 0.200. The fourth-order valence-corrected chi connectivity index (χ4v) is 2.01. The number of nitrogens with one attached hydrogen (secondary N) is 1. The first-order valence-corrected chi connectivity index (χ1v) is 4.61. The van der Waals surface area contributed by atoms with Crippen LogP contribution in [-0.4, -0.2) is 19.5 Å². The summed E-state index contributed by atoms with van der Waals surface area (Å²) >= 11 is 0. The van der Waals surface area contributed by atoms with E-state index < -0.39 is 12.3 Å². The van der Waals surface area contributed by atoms with Gasteiger partial charge in [0.05, 0.1) is 0 Å². The molecule has 0 saturated carbocycles. The van der Waals surface area contributed by atoms with Crippen LogP contribution in [-0.2, 0) is 0 Å². The zero-order valence-electron chi connectivity index (χ0n) is 7.69. The third-order valence-electron chi connectivity index (χ3n) is 2.76. The van der Waals surface area contributed by atoms with Gasteiger partial charge in [-0.15, -0.1) is 0 Å². The van der Waals surface area contributed by atoms with E-state index in [1.165, 1.54) is 0 Å². The first-order valence-electron chi connectivity index (χ1n) is 4.61. The molecule has 2 atom stereocenters. The summed E-state index contributed by atoms with van der Waals surface area (Å²) in [5.41, 5.74) is 0. The summed E-state index contributed by atoms with van der Waals surface area (Å²) < 4.78 is 25.0. The van der Waals surface area contributed by atoms with Crippen molar-refractivity contribution >= 4 is 0 Å². The van der Waals surface area contributed by atoms with Gasteiger partial charge in [0.2, 0.25) is 6.43 Å². The number of rotatable bonds is 2. The van der Waals surface area contributed by atoms with Gasteiger partial charge in [-0.1, -0.05) is 13.8 Å². The van der Waals surface area contributed by atoms with Gasteiger partial charge in [0.15, 0.2) is 0 Å². The lowest BCUT2D eigenvalue weighted by Gasteiger charge is -2.34. The van der Waals surface area contributed by atoms with Gasteiger partial charge >= 0.3 is 0 Å². The first-order chi connectivity index (χ1) is 5.63. The molecule has 0 aromatic rings. The minimum Gasteiger partial charge on any atom is -0.316 e. The SMILES string of the molecule is CC(C)C1CCNCC1C(F)F. The molecule has 1 N–H and O–H groups in total. The van der Waals surface area contributed by atoms with Gasteiger partial charge in [0, 0.05) is 12.5 Å². The smallest absolute Gasteiger partial charge is 0.242 e. The normalized spacial score (nSPS) is 31.5. The Kier molecular flexibility index (Phi) is 3.44. The van der Waals surface area contributed by atoms with Gasteiger partial charge in [0.1, 0.15) is 0 Å². The van der Waals surface area contributed by atoms with E-state index in [0.29, 0.717) is 12.5 Å². The quantitative estimate of drug-likeness (QED) is 0.681. The third-order valence-corrected chi connectivity index (χ3v) is 2.76. The molecule has 1 heterocycles. The molecular formula is C9H17F2N. The van der Waals surface area contributed by atoms with E-state index in [2.05, 4.69) is 5.32 Å². The fraction of sp³-hybridized carbons (Fsp3) is 1.00. The van der Waals surface area contributed by atoms with Gasteiger partial charge in [-0.3, -0.25) is 0 Å². The topological polar surface area (TPSA) is 12.0 Å². The zero-order chi connectivity index (χ0) is 9.14. The number of piperidine rings is 1. The maximum Gasteiger partial charge on any atom is 0.242 e. The van der Waals surface area contributed by atoms with Crippen LogP contribution in [0.2, 0.25) is 0 Å². The summed E-state index contributed by atoms with van der Waals surface area (Å²) in [5.74, 6) is 0.149. The fourth-order valence-electron chi connectivity index (χ4n) is 2.01. The van der Waals surface area contributed by atoms with Gasteiger partial charge < -0.3 is 5.32 Å². The Balaban J connectivity index is 2.54. The predicted molar refractivity (Wildman–Crippen MR) is 45.3 cm³/mol. The van der Waals surface area contributed by atoms with Gasteiger partial charge in [-0.25, -0.2) is 8.78 Å².